The zero-order valence-corrected chi connectivity index (χ0v) is 19.1. The number of ether oxygens (including phenoxy) is 2. The SMILES string of the molecule is C=CCOc1cccc(C2C(=C(O)c3ccc(OC)c(C)c3)C(=O)C(=O)N2c2cc(C)on2)c1. The fraction of sp³-hybridized carbons (Fsp3) is 0.192. The number of ketones is 1. The second kappa shape index (κ2) is 9.27. The third kappa shape index (κ3) is 4.05. The Morgan fingerprint density at radius 2 is 2.00 bits per heavy atom. The highest BCUT2D eigenvalue weighted by Gasteiger charge is 2.48. The van der Waals surface area contributed by atoms with Gasteiger partial charge in [-0.25, -0.2) is 0 Å². The van der Waals surface area contributed by atoms with Gasteiger partial charge in [0.1, 0.15) is 29.6 Å². The predicted octanol–water partition coefficient (Wildman–Crippen LogP) is 4.49. The number of aliphatic hydroxyl groups excluding tert-OH is 1. The summed E-state index contributed by atoms with van der Waals surface area (Å²) >= 11 is 0. The van der Waals surface area contributed by atoms with Gasteiger partial charge < -0.3 is 19.1 Å². The maximum absolute atomic E-state index is 13.2. The normalized spacial score (nSPS) is 17.1. The Bertz CT molecular complexity index is 1310. The molecule has 0 saturated carbocycles. The van der Waals surface area contributed by atoms with Crippen molar-refractivity contribution in [2.45, 2.75) is 19.9 Å². The summed E-state index contributed by atoms with van der Waals surface area (Å²) in [5.41, 5.74) is 1.66. The van der Waals surface area contributed by atoms with Crippen molar-refractivity contribution in [3.05, 3.63) is 89.2 Å². The molecule has 1 aromatic heterocycles. The van der Waals surface area contributed by atoms with Crippen LogP contribution in [0.5, 0.6) is 11.5 Å². The van der Waals surface area contributed by atoms with Crippen molar-refractivity contribution in [3.63, 3.8) is 0 Å². The third-order valence-electron chi connectivity index (χ3n) is 5.52. The Balaban J connectivity index is 1.91. The van der Waals surface area contributed by atoms with E-state index in [-0.39, 0.29) is 23.8 Å². The van der Waals surface area contributed by atoms with Crippen LogP contribution in [0.1, 0.15) is 28.5 Å². The average molecular weight is 460 g/mol. The average Bonchev–Trinajstić information content (AvgIpc) is 3.37. The molecular weight excluding hydrogens is 436 g/mol. The summed E-state index contributed by atoms with van der Waals surface area (Å²) in [5.74, 6) is -0.124. The van der Waals surface area contributed by atoms with E-state index in [4.69, 9.17) is 14.0 Å². The van der Waals surface area contributed by atoms with Crippen molar-refractivity contribution < 1.29 is 28.7 Å². The third-order valence-corrected chi connectivity index (χ3v) is 5.52. The van der Waals surface area contributed by atoms with Gasteiger partial charge in [-0.3, -0.25) is 14.5 Å². The first-order valence-electron chi connectivity index (χ1n) is 10.6. The van der Waals surface area contributed by atoms with Crippen LogP contribution in [-0.2, 0) is 9.59 Å². The molecule has 2 heterocycles. The summed E-state index contributed by atoms with van der Waals surface area (Å²) in [6, 6.07) is 12.6. The van der Waals surface area contributed by atoms with Gasteiger partial charge in [0, 0.05) is 11.6 Å². The van der Waals surface area contributed by atoms with Gasteiger partial charge in [0.15, 0.2) is 5.82 Å². The lowest BCUT2D eigenvalue weighted by Crippen LogP contribution is -2.29. The van der Waals surface area contributed by atoms with E-state index in [2.05, 4.69) is 11.7 Å². The summed E-state index contributed by atoms with van der Waals surface area (Å²) in [6.07, 6.45) is 1.61. The van der Waals surface area contributed by atoms with Crippen molar-refractivity contribution in [1.82, 2.24) is 5.16 Å². The fourth-order valence-electron chi connectivity index (χ4n) is 3.96. The second-order valence-electron chi connectivity index (χ2n) is 7.82. The van der Waals surface area contributed by atoms with Crippen LogP contribution in [0.15, 0.2) is 71.3 Å². The van der Waals surface area contributed by atoms with Crippen LogP contribution in [-0.4, -0.2) is 35.7 Å². The van der Waals surface area contributed by atoms with E-state index in [1.807, 2.05) is 6.92 Å². The molecule has 0 spiro atoms. The number of benzene rings is 2. The summed E-state index contributed by atoms with van der Waals surface area (Å²) < 4.78 is 16.1. The summed E-state index contributed by atoms with van der Waals surface area (Å²) in [5, 5.41) is 15.2. The maximum atomic E-state index is 13.2. The zero-order chi connectivity index (χ0) is 24.4. The van der Waals surface area contributed by atoms with Crippen molar-refractivity contribution in [2.75, 3.05) is 18.6 Å². The first-order valence-corrected chi connectivity index (χ1v) is 10.6. The van der Waals surface area contributed by atoms with Crippen LogP contribution in [0.3, 0.4) is 0 Å². The zero-order valence-electron chi connectivity index (χ0n) is 19.1. The molecule has 1 saturated heterocycles. The van der Waals surface area contributed by atoms with Crippen molar-refractivity contribution in [3.8, 4) is 11.5 Å². The molecule has 1 aliphatic rings. The smallest absolute Gasteiger partial charge is 0.301 e. The number of Topliss-reactive ketones (excluding diaryl/α,β-unsaturated/α-hetero) is 1. The lowest BCUT2D eigenvalue weighted by molar-refractivity contribution is -0.132. The molecule has 2 aromatic carbocycles. The van der Waals surface area contributed by atoms with Crippen LogP contribution in [0, 0.1) is 13.8 Å². The minimum atomic E-state index is -0.945. The molecule has 4 rings (SSSR count). The number of aliphatic hydroxyl groups is 1. The van der Waals surface area contributed by atoms with Crippen molar-refractivity contribution in [2.24, 2.45) is 0 Å². The van der Waals surface area contributed by atoms with Gasteiger partial charge in [-0.15, -0.1) is 0 Å². The van der Waals surface area contributed by atoms with Gasteiger partial charge in [-0.2, -0.15) is 0 Å². The minimum Gasteiger partial charge on any atom is -0.507 e. The summed E-state index contributed by atoms with van der Waals surface area (Å²) in [4.78, 5) is 27.6. The minimum absolute atomic E-state index is 0.0592. The monoisotopic (exact) mass is 460 g/mol. The number of hydrogen-bond donors (Lipinski definition) is 1. The number of aryl methyl sites for hydroxylation is 2. The Morgan fingerprint density at radius 1 is 1.21 bits per heavy atom. The van der Waals surface area contributed by atoms with Crippen LogP contribution < -0.4 is 14.4 Å². The second-order valence-corrected chi connectivity index (χ2v) is 7.82. The van der Waals surface area contributed by atoms with Crippen LogP contribution in [0.2, 0.25) is 0 Å². The number of amides is 1. The molecule has 0 bridgehead atoms. The molecular formula is C26H24N2O6. The number of carbonyl (C=O) groups excluding carboxylic acids is 2. The Labute approximate surface area is 196 Å². The standard InChI is InChI=1S/C26H24N2O6/c1-5-11-33-19-8-6-7-17(14-19)23-22(24(29)18-9-10-20(32-4)15(2)12-18)25(30)26(31)28(23)21-13-16(3)34-27-21/h5-10,12-14,23,29H,1,11H2,2-4H3. The quantitative estimate of drug-likeness (QED) is 0.240. The van der Waals surface area contributed by atoms with Gasteiger partial charge >= 0.3 is 5.91 Å². The highest BCUT2D eigenvalue weighted by Crippen LogP contribution is 2.42. The number of rotatable bonds is 7. The number of carbonyl (C=O) groups is 2. The van der Waals surface area contributed by atoms with Gasteiger partial charge in [-0.05, 0) is 55.3 Å². The molecule has 8 nitrogen and oxygen atoms in total. The lowest BCUT2D eigenvalue weighted by atomic mass is 9.94. The number of aromatic nitrogens is 1. The largest absolute Gasteiger partial charge is 0.507 e. The predicted molar refractivity (Wildman–Crippen MR) is 126 cm³/mol. The molecule has 0 aliphatic carbocycles. The highest BCUT2D eigenvalue weighted by molar-refractivity contribution is 6.51. The highest BCUT2D eigenvalue weighted by atomic mass is 16.5. The Hall–Kier alpha value is -4.33. The fourth-order valence-corrected chi connectivity index (χ4v) is 3.96. The molecule has 174 valence electrons. The molecule has 3 aromatic rings. The number of nitrogens with zero attached hydrogens (tertiary/aromatic N) is 2. The van der Waals surface area contributed by atoms with Crippen LogP contribution in [0.4, 0.5) is 5.82 Å². The number of hydrogen-bond acceptors (Lipinski definition) is 7. The van der Waals surface area contributed by atoms with E-state index in [9.17, 15) is 14.7 Å². The van der Waals surface area contributed by atoms with Gasteiger partial charge in [0.25, 0.3) is 5.78 Å². The van der Waals surface area contributed by atoms with Gasteiger partial charge in [0.2, 0.25) is 0 Å². The van der Waals surface area contributed by atoms with E-state index >= 15 is 0 Å². The van der Waals surface area contributed by atoms with Gasteiger partial charge in [0.05, 0.1) is 18.7 Å². The number of anilines is 1. The lowest BCUT2D eigenvalue weighted by Gasteiger charge is -2.23. The molecule has 1 atom stereocenters. The van der Waals surface area contributed by atoms with Gasteiger partial charge in [-0.1, -0.05) is 29.9 Å². The van der Waals surface area contributed by atoms with Crippen LogP contribution in [0.25, 0.3) is 5.76 Å². The van der Waals surface area contributed by atoms with E-state index in [1.165, 1.54) is 4.90 Å². The van der Waals surface area contributed by atoms with E-state index in [1.54, 1.807) is 68.6 Å². The Morgan fingerprint density at radius 3 is 2.65 bits per heavy atom. The molecule has 1 N–H and O–H groups in total. The topological polar surface area (TPSA) is 102 Å². The van der Waals surface area contributed by atoms with Crippen molar-refractivity contribution in [1.29, 1.82) is 0 Å². The summed E-state index contributed by atoms with van der Waals surface area (Å²) in [6.45, 7) is 7.45. The van der Waals surface area contributed by atoms with Crippen molar-refractivity contribution >= 4 is 23.3 Å². The van der Waals surface area contributed by atoms with E-state index < -0.39 is 17.7 Å². The molecule has 1 amide bonds. The summed E-state index contributed by atoms with van der Waals surface area (Å²) in [7, 11) is 1.55. The molecule has 1 aliphatic heterocycles. The molecule has 0 radical (unpaired) electrons. The first-order chi connectivity index (χ1) is 16.3. The molecule has 1 fully saturated rings. The molecule has 1 unspecified atom stereocenters. The Kier molecular flexibility index (Phi) is 6.23. The van der Waals surface area contributed by atoms with E-state index in [0.717, 1.165) is 5.56 Å². The first kappa shape index (κ1) is 22.8. The number of methoxy groups -OCH3 is 1. The van der Waals surface area contributed by atoms with E-state index in [0.29, 0.717) is 28.4 Å². The maximum Gasteiger partial charge on any atom is 0.301 e. The van der Waals surface area contributed by atoms with Crippen LogP contribution >= 0.6 is 0 Å². The molecule has 34 heavy (non-hydrogen) atoms. The molecule has 8 heteroatoms.